The molecule has 0 aromatic carbocycles. The molecule has 1 aromatic rings. The fourth-order valence-corrected chi connectivity index (χ4v) is 1.73. The quantitative estimate of drug-likeness (QED) is 0.802. The van der Waals surface area contributed by atoms with Crippen LogP contribution in [0.2, 0.25) is 0 Å². The molecule has 1 unspecified atom stereocenters. The molecule has 1 saturated heterocycles. The Morgan fingerprint density at radius 1 is 1.50 bits per heavy atom. The third-order valence-corrected chi connectivity index (χ3v) is 2.64. The molecule has 4 nitrogen and oxygen atoms in total. The maximum atomic E-state index is 5.66. The van der Waals surface area contributed by atoms with E-state index < -0.39 is 0 Å². The van der Waals surface area contributed by atoms with Crippen LogP contribution in [0.4, 0.5) is 0 Å². The van der Waals surface area contributed by atoms with Crippen molar-refractivity contribution in [3.63, 3.8) is 0 Å². The number of hydrogen-bond donors (Lipinski definition) is 0. The number of nitrogens with zero attached hydrogens (tertiary/aromatic N) is 3. The smallest absolute Gasteiger partial charge is 0.232 e. The molecule has 1 atom stereocenters. The summed E-state index contributed by atoms with van der Waals surface area (Å²) >= 11 is 3.23. The number of hydrogen-bond acceptors (Lipinski definition) is 4. The molecule has 0 N–H and O–H groups in total. The standard InChI is InChI=1S/C9H12BrN3O/c1-13-3-2-7(6-13)14-9-5-11-8(10)4-12-9/h4-5,7H,2-3,6H2,1H3. The van der Waals surface area contributed by atoms with Gasteiger partial charge in [0.15, 0.2) is 0 Å². The van der Waals surface area contributed by atoms with E-state index in [1.54, 1.807) is 12.4 Å². The van der Waals surface area contributed by atoms with Crippen molar-refractivity contribution in [2.24, 2.45) is 0 Å². The highest BCUT2D eigenvalue weighted by molar-refractivity contribution is 9.10. The molecule has 0 aliphatic carbocycles. The summed E-state index contributed by atoms with van der Waals surface area (Å²) in [5, 5.41) is 0. The van der Waals surface area contributed by atoms with E-state index in [0.29, 0.717) is 5.88 Å². The summed E-state index contributed by atoms with van der Waals surface area (Å²) in [4.78, 5) is 10.4. The predicted molar refractivity (Wildman–Crippen MR) is 56.3 cm³/mol. The Morgan fingerprint density at radius 3 is 2.93 bits per heavy atom. The van der Waals surface area contributed by atoms with Crippen molar-refractivity contribution in [1.29, 1.82) is 0 Å². The summed E-state index contributed by atoms with van der Waals surface area (Å²) in [7, 11) is 2.09. The Morgan fingerprint density at radius 2 is 2.36 bits per heavy atom. The minimum atomic E-state index is 0.260. The Hall–Kier alpha value is -0.680. The molecule has 0 spiro atoms. The highest BCUT2D eigenvalue weighted by Crippen LogP contribution is 2.15. The molecule has 1 fully saturated rings. The van der Waals surface area contributed by atoms with E-state index in [2.05, 4.69) is 37.8 Å². The minimum Gasteiger partial charge on any atom is -0.472 e. The van der Waals surface area contributed by atoms with Gasteiger partial charge in [0, 0.05) is 13.1 Å². The van der Waals surface area contributed by atoms with Crippen LogP contribution in [0.5, 0.6) is 5.88 Å². The first kappa shape index (κ1) is 9.86. The molecule has 2 rings (SSSR count). The number of halogens is 1. The predicted octanol–water partition coefficient (Wildman–Crippen LogP) is 1.32. The average molecular weight is 258 g/mol. The van der Waals surface area contributed by atoms with Crippen LogP contribution in [0.25, 0.3) is 0 Å². The molecular formula is C9H12BrN3O. The van der Waals surface area contributed by atoms with E-state index in [-0.39, 0.29) is 6.10 Å². The van der Waals surface area contributed by atoms with Crippen LogP contribution in [0, 0.1) is 0 Å². The first-order chi connectivity index (χ1) is 6.74. The highest BCUT2D eigenvalue weighted by Gasteiger charge is 2.21. The largest absolute Gasteiger partial charge is 0.472 e. The lowest BCUT2D eigenvalue weighted by Crippen LogP contribution is -2.21. The second-order valence-corrected chi connectivity index (χ2v) is 4.28. The second kappa shape index (κ2) is 4.23. The SMILES string of the molecule is CN1CCC(Oc2cnc(Br)cn2)C1. The van der Waals surface area contributed by atoms with E-state index in [1.165, 1.54) is 0 Å². The molecule has 1 aromatic heterocycles. The molecule has 2 heterocycles. The highest BCUT2D eigenvalue weighted by atomic mass is 79.9. The minimum absolute atomic E-state index is 0.260. The molecule has 1 aliphatic heterocycles. The number of rotatable bonds is 2. The van der Waals surface area contributed by atoms with Gasteiger partial charge in [0.1, 0.15) is 10.7 Å². The van der Waals surface area contributed by atoms with Gasteiger partial charge in [-0.15, -0.1) is 0 Å². The number of ether oxygens (including phenoxy) is 1. The van der Waals surface area contributed by atoms with Crippen LogP contribution in [-0.4, -0.2) is 41.1 Å². The monoisotopic (exact) mass is 257 g/mol. The molecule has 76 valence electrons. The van der Waals surface area contributed by atoms with Gasteiger partial charge in [0.2, 0.25) is 5.88 Å². The summed E-state index contributed by atoms with van der Waals surface area (Å²) in [5.74, 6) is 0.605. The third-order valence-electron chi connectivity index (χ3n) is 2.23. The molecule has 5 heteroatoms. The first-order valence-corrected chi connectivity index (χ1v) is 5.36. The van der Waals surface area contributed by atoms with Crippen molar-refractivity contribution in [3.8, 4) is 5.88 Å². The fourth-order valence-electron chi connectivity index (χ4n) is 1.52. The Kier molecular flexibility index (Phi) is 2.98. The Bertz CT molecular complexity index is 303. The molecule has 0 amide bonds. The summed E-state index contributed by atoms with van der Waals surface area (Å²) in [5.41, 5.74) is 0. The Balaban J connectivity index is 1.94. The van der Waals surface area contributed by atoms with Crippen LogP contribution in [0.3, 0.4) is 0 Å². The number of aromatic nitrogens is 2. The Labute approximate surface area is 91.4 Å². The van der Waals surface area contributed by atoms with E-state index in [1.807, 2.05) is 0 Å². The van der Waals surface area contributed by atoms with Gasteiger partial charge in [0.05, 0.1) is 12.4 Å². The molecule has 0 bridgehead atoms. The molecule has 1 aliphatic rings. The summed E-state index contributed by atoms with van der Waals surface area (Å²) in [6.07, 6.45) is 4.61. The zero-order chi connectivity index (χ0) is 9.97. The van der Waals surface area contributed by atoms with E-state index in [0.717, 1.165) is 24.1 Å². The number of likely N-dealkylation sites (tertiary alicyclic amines) is 1. The van der Waals surface area contributed by atoms with Crippen molar-refractivity contribution in [3.05, 3.63) is 17.0 Å². The van der Waals surface area contributed by atoms with Crippen LogP contribution in [0.1, 0.15) is 6.42 Å². The summed E-state index contributed by atoms with van der Waals surface area (Å²) in [6.45, 7) is 2.06. The van der Waals surface area contributed by atoms with Gasteiger partial charge >= 0.3 is 0 Å². The maximum absolute atomic E-state index is 5.66. The van der Waals surface area contributed by atoms with Gasteiger partial charge in [-0.05, 0) is 29.4 Å². The van der Waals surface area contributed by atoms with E-state index in [4.69, 9.17) is 4.74 Å². The van der Waals surface area contributed by atoms with Crippen LogP contribution in [0.15, 0.2) is 17.0 Å². The lowest BCUT2D eigenvalue weighted by molar-refractivity contribution is 0.199. The van der Waals surface area contributed by atoms with Crippen molar-refractivity contribution in [2.75, 3.05) is 20.1 Å². The summed E-state index contributed by atoms with van der Waals surface area (Å²) < 4.78 is 6.39. The maximum Gasteiger partial charge on any atom is 0.232 e. The van der Waals surface area contributed by atoms with Gasteiger partial charge in [0.25, 0.3) is 0 Å². The van der Waals surface area contributed by atoms with Crippen molar-refractivity contribution in [1.82, 2.24) is 14.9 Å². The first-order valence-electron chi connectivity index (χ1n) is 4.57. The van der Waals surface area contributed by atoms with Gasteiger partial charge in [-0.2, -0.15) is 0 Å². The molecule has 0 radical (unpaired) electrons. The lowest BCUT2D eigenvalue weighted by atomic mass is 10.3. The van der Waals surface area contributed by atoms with Crippen molar-refractivity contribution < 1.29 is 4.74 Å². The third kappa shape index (κ3) is 2.42. The molecule has 14 heavy (non-hydrogen) atoms. The van der Waals surface area contributed by atoms with Gasteiger partial charge < -0.3 is 9.64 Å². The van der Waals surface area contributed by atoms with E-state index >= 15 is 0 Å². The van der Waals surface area contributed by atoms with Crippen LogP contribution >= 0.6 is 15.9 Å². The van der Waals surface area contributed by atoms with Gasteiger partial charge in [-0.25, -0.2) is 9.97 Å². The van der Waals surface area contributed by atoms with Gasteiger partial charge in [-0.3, -0.25) is 0 Å². The van der Waals surface area contributed by atoms with Crippen LogP contribution in [-0.2, 0) is 0 Å². The van der Waals surface area contributed by atoms with Crippen LogP contribution < -0.4 is 4.74 Å². The number of likely N-dealkylation sites (N-methyl/N-ethyl adjacent to an activating group) is 1. The topological polar surface area (TPSA) is 38.2 Å². The van der Waals surface area contributed by atoms with Crippen molar-refractivity contribution >= 4 is 15.9 Å². The second-order valence-electron chi connectivity index (χ2n) is 3.47. The molecular weight excluding hydrogens is 246 g/mol. The average Bonchev–Trinajstić information content (AvgIpc) is 2.56. The zero-order valence-corrected chi connectivity index (χ0v) is 9.57. The fraction of sp³-hybridized carbons (Fsp3) is 0.556. The van der Waals surface area contributed by atoms with Crippen molar-refractivity contribution in [2.45, 2.75) is 12.5 Å². The lowest BCUT2D eigenvalue weighted by Gasteiger charge is -2.11. The van der Waals surface area contributed by atoms with Gasteiger partial charge in [-0.1, -0.05) is 0 Å². The van der Waals surface area contributed by atoms with E-state index in [9.17, 15) is 0 Å². The zero-order valence-electron chi connectivity index (χ0n) is 7.98. The summed E-state index contributed by atoms with van der Waals surface area (Å²) in [6, 6.07) is 0. The molecule has 0 saturated carbocycles. The normalized spacial score (nSPS) is 22.6.